The van der Waals surface area contributed by atoms with Crippen molar-refractivity contribution in [2.24, 2.45) is 59.2 Å². The molecule has 0 aromatic rings. The fourth-order valence-electron chi connectivity index (χ4n) is 9.43. The summed E-state index contributed by atoms with van der Waals surface area (Å²) in [5, 5.41) is 0. The van der Waals surface area contributed by atoms with E-state index in [9.17, 15) is 9.59 Å². The van der Waals surface area contributed by atoms with E-state index in [4.69, 9.17) is 0 Å². The van der Waals surface area contributed by atoms with Crippen molar-refractivity contribution in [1.82, 2.24) is 0 Å². The lowest BCUT2D eigenvalue weighted by atomic mass is 9.58. The van der Waals surface area contributed by atoms with Crippen LogP contribution in [0.5, 0.6) is 0 Å². The van der Waals surface area contributed by atoms with Crippen LogP contribution < -0.4 is 0 Å². The predicted molar refractivity (Wildman–Crippen MR) is 100 cm³/mol. The van der Waals surface area contributed by atoms with Crippen molar-refractivity contribution in [3.63, 3.8) is 0 Å². The van der Waals surface area contributed by atoms with Crippen molar-refractivity contribution in [2.45, 2.75) is 77.0 Å². The van der Waals surface area contributed by atoms with E-state index >= 15 is 0 Å². The molecule has 26 heavy (non-hydrogen) atoms. The Bertz CT molecular complexity index is 624. The summed E-state index contributed by atoms with van der Waals surface area (Å²) in [6.07, 6.45) is 15.2. The highest BCUT2D eigenvalue weighted by Gasteiger charge is 2.64. The molecule has 0 spiro atoms. The highest BCUT2D eigenvalue weighted by atomic mass is 16.1. The van der Waals surface area contributed by atoms with Gasteiger partial charge in [0.25, 0.3) is 0 Å². The van der Waals surface area contributed by atoms with Crippen LogP contribution in [0.2, 0.25) is 0 Å². The number of fused-ring (bicyclic) bond motifs is 9. The summed E-state index contributed by atoms with van der Waals surface area (Å²) in [5.74, 6) is 6.74. The van der Waals surface area contributed by atoms with Crippen LogP contribution in [0.3, 0.4) is 0 Å². The molecule has 142 valence electrons. The molecule has 10 atom stereocenters. The van der Waals surface area contributed by atoms with Crippen molar-refractivity contribution < 1.29 is 9.59 Å². The van der Waals surface area contributed by atoms with Gasteiger partial charge in [-0.15, -0.1) is 0 Å². The topological polar surface area (TPSA) is 34.1 Å². The first-order valence-corrected chi connectivity index (χ1v) is 11.8. The third-order valence-corrected chi connectivity index (χ3v) is 10.2. The van der Waals surface area contributed by atoms with E-state index < -0.39 is 0 Å². The molecule has 0 heterocycles. The van der Waals surface area contributed by atoms with E-state index in [1.54, 1.807) is 0 Å². The summed E-state index contributed by atoms with van der Waals surface area (Å²) >= 11 is 0. The SMILES string of the molecule is O=C1C2CCCCC2C2C1CCC1C(=O)C3C4CCCCC4CCC3C12. The number of rotatable bonds is 0. The summed E-state index contributed by atoms with van der Waals surface area (Å²) in [5.41, 5.74) is 0. The Labute approximate surface area is 157 Å². The third-order valence-electron chi connectivity index (χ3n) is 10.2. The highest BCUT2D eigenvalue weighted by Crippen LogP contribution is 2.65. The van der Waals surface area contributed by atoms with Gasteiger partial charge < -0.3 is 0 Å². The first-order valence-electron chi connectivity index (χ1n) is 11.8. The molecule has 0 bridgehead atoms. The molecular weight excluding hydrogens is 320 g/mol. The Balaban J connectivity index is 1.37. The van der Waals surface area contributed by atoms with Gasteiger partial charge in [0, 0.05) is 23.7 Å². The lowest BCUT2D eigenvalue weighted by molar-refractivity contribution is -0.130. The van der Waals surface area contributed by atoms with Gasteiger partial charge in [-0.1, -0.05) is 32.1 Å². The van der Waals surface area contributed by atoms with Crippen LogP contribution in [0.15, 0.2) is 0 Å². The molecule has 2 nitrogen and oxygen atoms in total. The van der Waals surface area contributed by atoms with E-state index in [1.807, 2.05) is 0 Å². The van der Waals surface area contributed by atoms with E-state index in [2.05, 4.69) is 0 Å². The molecule has 6 saturated carbocycles. The summed E-state index contributed by atoms with van der Waals surface area (Å²) in [6, 6.07) is 0. The van der Waals surface area contributed by atoms with E-state index in [1.165, 1.54) is 57.8 Å². The van der Waals surface area contributed by atoms with E-state index in [0.29, 0.717) is 64.8 Å². The Morgan fingerprint density at radius 3 is 2.00 bits per heavy atom. The van der Waals surface area contributed by atoms with Crippen molar-refractivity contribution in [3.05, 3.63) is 0 Å². The maximum atomic E-state index is 13.6. The molecule has 6 aliphatic carbocycles. The Kier molecular flexibility index (Phi) is 3.71. The van der Waals surface area contributed by atoms with Crippen molar-refractivity contribution >= 4 is 11.6 Å². The molecule has 0 radical (unpaired) electrons. The fourth-order valence-corrected chi connectivity index (χ4v) is 9.43. The number of carbonyl (C=O) groups is 2. The Morgan fingerprint density at radius 2 is 1.15 bits per heavy atom. The van der Waals surface area contributed by atoms with Crippen LogP contribution in [0.25, 0.3) is 0 Å². The number of ketones is 2. The molecule has 0 aromatic carbocycles. The van der Waals surface area contributed by atoms with Crippen LogP contribution in [0, 0.1) is 59.2 Å². The molecule has 0 saturated heterocycles. The minimum absolute atomic E-state index is 0.333. The second-order valence-electron chi connectivity index (χ2n) is 10.8. The molecule has 0 aromatic heterocycles. The second-order valence-corrected chi connectivity index (χ2v) is 10.8. The first-order chi connectivity index (χ1) is 12.8. The minimum atomic E-state index is 0.333. The zero-order chi connectivity index (χ0) is 17.4. The molecule has 6 fully saturated rings. The molecule has 10 unspecified atom stereocenters. The van der Waals surface area contributed by atoms with Gasteiger partial charge >= 0.3 is 0 Å². The normalized spacial score (nSPS) is 55.5. The average molecular weight is 355 g/mol. The van der Waals surface area contributed by atoms with Crippen molar-refractivity contribution in [2.75, 3.05) is 0 Å². The van der Waals surface area contributed by atoms with E-state index in [0.717, 1.165) is 25.2 Å². The summed E-state index contributed by atoms with van der Waals surface area (Å²) in [6.45, 7) is 0. The van der Waals surface area contributed by atoms with Gasteiger partial charge in [-0.05, 0) is 80.5 Å². The smallest absolute Gasteiger partial charge is 0.139 e. The summed E-state index contributed by atoms with van der Waals surface area (Å²) in [7, 11) is 0. The van der Waals surface area contributed by atoms with E-state index in [-0.39, 0.29) is 0 Å². The van der Waals surface area contributed by atoms with Crippen LogP contribution in [0.4, 0.5) is 0 Å². The average Bonchev–Trinajstić information content (AvgIpc) is 3.15. The summed E-state index contributed by atoms with van der Waals surface area (Å²) in [4.78, 5) is 26.7. The largest absolute Gasteiger partial charge is 0.299 e. The van der Waals surface area contributed by atoms with Crippen molar-refractivity contribution in [1.29, 1.82) is 0 Å². The van der Waals surface area contributed by atoms with Gasteiger partial charge in [-0.3, -0.25) is 9.59 Å². The molecule has 6 aliphatic rings. The van der Waals surface area contributed by atoms with Gasteiger partial charge in [0.2, 0.25) is 0 Å². The quantitative estimate of drug-likeness (QED) is 0.610. The van der Waals surface area contributed by atoms with Gasteiger partial charge in [0.1, 0.15) is 11.6 Å². The third kappa shape index (κ3) is 2.05. The predicted octanol–water partition coefficient (Wildman–Crippen LogP) is 5.05. The lowest BCUT2D eigenvalue weighted by Gasteiger charge is -2.46. The molecule has 0 N–H and O–H groups in total. The molecule has 6 rings (SSSR count). The van der Waals surface area contributed by atoms with Crippen LogP contribution in [-0.4, -0.2) is 11.6 Å². The maximum absolute atomic E-state index is 13.6. The number of hydrogen-bond acceptors (Lipinski definition) is 2. The minimum Gasteiger partial charge on any atom is -0.299 e. The van der Waals surface area contributed by atoms with Crippen molar-refractivity contribution in [3.8, 4) is 0 Å². The van der Waals surface area contributed by atoms with Crippen LogP contribution >= 0.6 is 0 Å². The standard InChI is InChI=1S/C24H34O2/c25-23-16-8-4-3-7-15(16)20-18(23)11-12-19-21(20)17-10-9-13-5-1-2-6-14(13)22(17)24(19)26/h13-22H,1-12H2. The monoisotopic (exact) mass is 354 g/mol. The van der Waals surface area contributed by atoms with Gasteiger partial charge in [0.05, 0.1) is 0 Å². The van der Waals surface area contributed by atoms with Gasteiger partial charge in [-0.2, -0.15) is 0 Å². The number of carbonyl (C=O) groups excluding carboxylic acids is 2. The maximum Gasteiger partial charge on any atom is 0.139 e. The van der Waals surface area contributed by atoms with Crippen LogP contribution in [0.1, 0.15) is 77.0 Å². The lowest BCUT2D eigenvalue weighted by Crippen LogP contribution is -2.41. The molecular formula is C24H34O2. The fraction of sp³-hybridized carbons (Fsp3) is 0.917. The highest BCUT2D eigenvalue weighted by molar-refractivity contribution is 5.90. The Hall–Kier alpha value is -0.660. The zero-order valence-corrected chi connectivity index (χ0v) is 16.1. The number of Topliss-reactive ketones (excluding diaryl/α,β-unsaturated/α-hetero) is 2. The first kappa shape index (κ1) is 16.3. The second kappa shape index (κ2) is 5.92. The Morgan fingerprint density at radius 1 is 0.500 bits per heavy atom. The molecule has 0 amide bonds. The van der Waals surface area contributed by atoms with Gasteiger partial charge in [-0.25, -0.2) is 0 Å². The van der Waals surface area contributed by atoms with Gasteiger partial charge in [0.15, 0.2) is 0 Å². The molecule has 2 heteroatoms. The summed E-state index contributed by atoms with van der Waals surface area (Å²) < 4.78 is 0. The molecule has 0 aliphatic heterocycles. The zero-order valence-electron chi connectivity index (χ0n) is 16.1. The number of hydrogen-bond donors (Lipinski definition) is 0. The van der Waals surface area contributed by atoms with Crippen LogP contribution in [-0.2, 0) is 9.59 Å².